The topological polar surface area (TPSA) is 95.5 Å². The first kappa shape index (κ1) is 18.0. The second-order valence-corrected chi connectivity index (χ2v) is 6.92. The Kier molecular flexibility index (Phi) is 5.94. The maximum Gasteiger partial charge on any atom is 0.335 e. The van der Waals surface area contributed by atoms with Crippen molar-refractivity contribution in [1.82, 2.24) is 4.72 Å². The molecule has 2 rings (SSSR count). The fourth-order valence-corrected chi connectivity index (χ4v) is 3.53. The molecule has 128 valence electrons. The minimum Gasteiger partial charge on any atom is -0.478 e. The van der Waals surface area contributed by atoms with Crippen molar-refractivity contribution in [2.45, 2.75) is 18.2 Å². The number of rotatable bonds is 8. The third-order valence-corrected chi connectivity index (χ3v) is 5.01. The lowest BCUT2D eigenvalue weighted by Crippen LogP contribution is -2.25. The first-order valence-corrected chi connectivity index (χ1v) is 9.07. The van der Waals surface area contributed by atoms with Gasteiger partial charge in [-0.15, -0.1) is 0 Å². The van der Waals surface area contributed by atoms with Crippen molar-refractivity contribution in [3.63, 3.8) is 0 Å². The van der Waals surface area contributed by atoms with Gasteiger partial charge < -0.3 is 10.4 Å². The smallest absolute Gasteiger partial charge is 0.335 e. The van der Waals surface area contributed by atoms with E-state index in [4.69, 9.17) is 5.11 Å². The summed E-state index contributed by atoms with van der Waals surface area (Å²) in [6, 6.07) is 13.8. The predicted molar refractivity (Wildman–Crippen MR) is 92.9 cm³/mol. The summed E-state index contributed by atoms with van der Waals surface area (Å²) in [7, 11) is -3.77. The number of aromatic carboxylic acids is 1. The summed E-state index contributed by atoms with van der Waals surface area (Å²) < 4.78 is 27.0. The highest BCUT2D eigenvalue weighted by atomic mass is 32.2. The number of nitrogens with one attached hydrogen (secondary N) is 2. The average Bonchev–Trinajstić information content (AvgIpc) is 2.55. The van der Waals surface area contributed by atoms with E-state index in [0.29, 0.717) is 12.2 Å². The molecule has 6 nitrogen and oxygen atoms in total. The van der Waals surface area contributed by atoms with Crippen molar-refractivity contribution in [1.29, 1.82) is 0 Å². The minimum atomic E-state index is -3.77. The molecular weight excluding hydrogens is 328 g/mol. The van der Waals surface area contributed by atoms with Gasteiger partial charge in [-0.3, -0.25) is 0 Å². The molecule has 0 atom stereocenters. The fraction of sp³-hybridized carbons (Fsp3) is 0.235. The van der Waals surface area contributed by atoms with Crippen LogP contribution in [0, 0.1) is 0 Å². The van der Waals surface area contributed by atoms with Crippen molar-refractivity contribution in [3.05, 3.63) is 59.7 Å². The number of hydrogen-bond acceptors (Lipinski definition) is 4. The van der Waals surface area contributed by atoms with Crippen molar-refractivity contribution >= 4 is 21.7 Å². The molecule has 0 unspecified atom stereocenters. The monoisotopic (exact) mass is 348 g/mol. The molecule has 0 spiro atoms. The molecule has 0 aliphatic carbocycles. The molecule has 0 saturated heterocycles. The van der Waals surface area contributed by atoms with E-state index >= 15 is 0 Å². The standard InChI is InChI=1S/C17H20N2O4S/c1-2-19-24(22,23)16-12-14(17(20)21)8-9-15(16)18-11-10-13-6-4-3-5-7-13/h3-9,12,18-19H,2,10-11H2,1H3,(H,20,21). The molecular formula is C17H20N2O4S. The van der Waals surface area contributed by atoms with Gasteiger partial charge in [-0.1, -0.05) is 37.3 Å². The molecule has 3 N–H and O–H groups in total. The van der Waals surface area contributed by atoms with Crippen LogP contribution in [0.3, 0.4) is 0 Å². The number of carboxylic acids is 1. The highest BCUT2D eigenvalue weighted by Crippen LogP contribution is 2.23. The average molecular weight is 348 g/mol. The molecule has 7 heteroatoms. The molecule has 0 aliphatic heterocycles. The Labute approximate surface area is 141 Å². The van der Waals surface area contributed by atoms with Crippen molar-refractivity contribution in [3.8, 4) is 0 Å². The summed E-state index contributed by atoms with van der Waals surface area (Å²) >= 11 is 0. The van der Waals surface area contributed by atoms with Gasteiger partial charge >= 0.3 is 5.97 Å². The summed E-state index contributed by atoms with van der Waals surface area (Å²) in [5, 5.41) is 12.2. The van der Waals surface area contributed by atoms with Gasteiger partial charge in [0, 0.05) is 13.1 Å². The van der Waals surface area contributed by atoms with E-state index in [1.165, 1.54) is 18.2 Å². The van der Waals surface area contributed by atoms with Gasteiger partial charge in [-0.2, -0.15) is 0 Å². The van der Waals surface area contributed by atoms with Crippen molar-refractivity contribution < 1.29 is 18.3 Å². The third-order valence-electron chi connectivity index (χ3n) is 3.42. The zero-order valence-corrected chi connectivity index (χ0v) is 14.1. The summed E-state index contributed by atoms with van der Waals surface area (Å²) in [4.78, 5) is 11.1. The van der Waals surface area contributed by atoms with Gasteiger partial charge in [-0.25, -0.2) is 17.9 Å². The van der Waals surface area contributed by atoms with E-state index in [1.807, 2.05) is 30.3 Å². The van der Waals surface area contributed by atoms with Crippen LogP contribution in [0.2, 0.25) is 0 Å². The van der Waals surface area contributed by atoms with E-state index in [1.54, 1.807) is 6.92 Å². The number of anilines is 1. The highest BCUT2D eigenvalue weighted by molar-refractivity contribution is 7.89. The number of carbonyl (C=O) groups is 1. The minimum absolute atomic E-state index is 0.0580. The number of benzene rings is 2. The quantitative estimate of drug-likeness (QED) is 0.680. The van der Waals surface area contributed by atoms with Crippen LogP contribution in [-0.4, -0.2) is 32.6 Å². The van der Waals surface area contributed by atoms with E-state index < -0.39 is 16.0 Å². The van der Waals surface area contributed by atoms with E-state index in [0.717, 1.165) is 12.0 Å². The summed E-state index contributed by atoms with van der Waals surface area (Å²) in [6.07, 6.45) is 0.724. The lowest BCUT2D eigenvalue weighted by molar-refractivity contribution is 0.0696. The molecule has 0 heterocycles. The van der Waals surface area contributed by atoms with E-state index in [9.17, 15) is 13.2 Å². The molecule has 0 aliphatic rings. The Morgan fingerprint density at radius 3 is 2.46 bits per heavy atom. The Morgan fingerprint density at radius 2 is 1.83 bits per heavy atom. The first-order valence-electron chi connectivity index (χ1n) is 7.59. The van der Waals surface area contributed by atoms with E-state index in [2.05, 4.69) is 10.0 Å². The van der Waals surface area contributed by atoms with Crippen LogP contribution >= 0.6 is 0 Å². The van der Waals surface area contributed by atoms with Crippen LogP contribution in [0.1, 0.15) is 22.8 Å². The fourth-order valence-electron chi connectivity index (χ4n) is 2.28. The lowest BCUT2D eigenvalue weighted by Gasteiger charge is -2.13. The maximum absolute atomic E-state index is 12.3. The van der Waals surface area contributed by atoms with Crippen LogP contribution in [0.25, 0.3) is 0 Å². The highest BCUT2D eigenvalue weighted by Gasteiger charge is 2.19. The zero-order valence-electron chi connectivity index (χ0n) is 13.3. The lowest BCUT2D eigenvalue weighted by atomic mass is 10.1. The molecule has 0 amide bonds. The Bertz CT molecular complexity index is 805. The van der Waals surface area contributed by atoms with Gasteiger partial charge in [0.05, 0.1) is 11.3 Å². The second-order valence-electron chi connectivity index (χ2n) is 5.18. The largest absolute Gasteiger partial charge is 0.478 e. The van der Waals surface area contributed by atoms with Crippen molar-refractivity contribution in [2.75, 3.05) is 18.4 Å². The van der Waals surface area contributed by atoms with Gasteiger partial charge in [-0.05, 0) is 30.2 Å². The first-order chi connectivity index (χ1) is 11.4. The predicted octanol–water partition coefficient (Wildman–Crippen LogP) is 2.34. The van der Waals surface area contributed by atoms with Crippen LogP contribution in [0.15, 0.2) is 53.4 Å². The molecule has 0 bridgehead atoms. The summed E-state index contributed by atoms with van der Waals surface area (Å²) in [5.41, 5.74) is 1.44. The van der Waals surface area contributed by atoms with Gasteiger partial charge in [0.1, 0.15) is 4.90 Å². The molecule has 24 heavy (non-hydrogen) atoms. The Balaban J connectivity index is 2.23. The number of sulfonamides is 1. The van der Waals surface area contributed by atoms with E-state index in [-0.39, 0.29) is 17.0 Å². The third kappa shape index (κ3) is 4.56. The zero-order chi connectivity index (χ0) is 17.6. The SMILES string of the molecule is CCNS(=O)(=O)c1cc(C(=O)O)ccc1NCCc1ccccc1. The molecule has 2 aromatic carbocycles. The van der Waals surface area contributed by atoms with Gasteiger partial charge in [0.15, 0.2) is 0 Å². The molecule has 0 aromatic heterocycles. The van der Waals surface area contributed by atoms with Crippen LogP contribution in [-0.2, 0) is 16.4 Å². The van der Waals surface area contributed by atoms with Crippen LogP contribution < -0.4 is 10.0 Å². The van der Waals surface area contributed by atoms with Crippen LogP contribution in [0.4, 0.5) is 5.69 Å². The molecule has 2 aromatic rings. The number of carboxylic acid groups (broad SMARTS) is 1. The summed E-state index contributed by atoms with van der Waals surface area (Å²) in [6.45, 7) is 2.43. The normalized spacial score (nSPS) is 11.2. The second kappa shape index (κ2) is 7.94. The molecule has 0 saturated carbocycles. The maximum atomic E-state index is 12.3. The molecule has 0 fully saturated rings. The molecule has 0 radical (unpaired) electrons. The van der Waals surface area contributed by atoms with Crippen LogP contribution in [0.5, 0.6) is 0 Å². The number of hydrogen-bond donors (Lipinski definition) is 3. The Morgan fingerprint density at radius 1 is 1.12 bits per heavy atom. The summed E-state index contributed by atoms with van der Waals surface area (Å²) in [5.74, 6) is -1.17. The Hall–Kier alpha value is -2.38. The van der Waals surface area contributed by atoms with Crippen molar-refractivity contribution in [2.24, 2.45) is 0 Å². The van der Waals surface area contributed by atoms with Gasteiger partial charge in [0.25, 0.3) is 0 Å². The van der Waals surface area contributed by atoms with Gasteiger partial charge in [0.2, 0.25) is 10.0 Å².